The van der Waals surface area contributed by atoms with Crippen LogP contribution < -0.4 is 16.2 Å². The van der Waals surface area contributed by atoms with E-state index < -0.39 is 11.9 Å². The van der Waals surface area contributed by atoms with Crippen LogP contribution in [0, 0.1) is 0 Å². The number of hydrogen-bond acceptors (Lipinski definition) is 6. The zero-order valence-corrected chi connectivity index (χ0v) is 26.7. The van der Waals surface area contributed by atoms with Gasteiger partial charge in [0, 0.05) is 30.5 Å². The Morgan fingerprint density at radius 3 is 2.36 bits per heavy atom. The molecular weight excluding hydrogens is 673 g/mol. The molecule has 0 radical (unpaired) electrons. The number of ether oxygens (including phenoxy) is 1. The van der Waals surface area contributed by atoms with Crippen LogP contribution in [0.25, 0.3) is 0 Å². The minimum absolute atomic E-state index is 0.0156. The molecule has 0 spiro atoms. The van der Waals surface area contributed by atoms with Gasteiger partial charge < -0.3 is 31.1 Å². The Bertz CT molecular complexity index is 1480. The van der Waals surface area contributed by atoms with Gasteiger partial charge in [0.05, 0.1) is 16.8 Å². The first-order valence-electron chi connectivity index (χ1n) is 14.6. The predicted molar refractivity (Wildman–Crippen MR) is 178 cm³/mol. The molecule has 0 aliphatic carbocycles. The van der Waals surface area contributed by atoms with Crippen molar-refractivity contribution in [1.82, 2.24) is 9.80 Å². The maximum Gasteiger partial charge on any atom is 0.343 e. The highest BCUT2D eigenvalue weighted by Gasteiger charge is 2.19. The SMILES string of the molecule is NC(N)=Nc1ccc(C(=O)Oc2ccc(CCC(=O)N(CCN3CCCCC3)Cc3cccc(C(=O)O)c3)c(CI)c2)cc1. The maximum atomic E-state index is 13.6. The summed E-state index contributed by atoms with van der Waals surface area (Å²) >= 11 is 2.26. The number of benzene rings is 3. The molecule has 0 unspecified atom stereocenters. The van der Waals surface area contributed by atoms with Gasteiger partial charge in [0.25, 0.3) is 0 Å². The number of piperidine rings is 1. The van der Waals surface area contributed by atoms with Crippen molar-refractivity contribution in [3.05, 3.63) is 94.5 Å². The number of hydrogen-bond donors (Lipinski definition) is 3. The van der Waals surface area contributed by atoms with Gasteiger partial charge in [-0.3, -0.25) is 4.79 Å². The van der Waals surface area contributed by atoms with Crippen molar-refractivity contribution in [2.24, 2.45) is 16.5 Å². The summed E-state index contributed by atoms with van der Waals surface area (Å²) in [4.78, 5) is 46.0. The van der Waals surface area contributed by atoms with Crippen molar-refractivity contribution >= 4 is 52.1 Å². The van der Waals surface area contributed by atoms with E-state index in [1.807, 2.05) is 23.1 Å². The highest BCUT2D eigenvalue weighted by Crippen LogP contribution is 2.24. The quantitative estimate of drug-likeness (QED) is 0.0567. The van der Waals surface area contributed by atoms with Gasteiger partial charge in [0.1, 0.15) is 5.75 Å². The van der Waals surface area contributed by atoms with Crippen LogP contribution in [0.5, 0.6) is 5.75 Å². The smallest absolute Gasteiger partial charge is 0.343 e. The molecule has 1 fully saturated rings. The second kappa shape index (κ2) is 16.2. The molecule has 3 aromatic rings. The number of nitrogens with zero attached hydrogens (tertiary/aromatic N) is 3. The average Bonchev–Trinajstić information content (AvgIpc) is 3.02. The monoisotopic (exact) mass is 711 g/mol. The molecule has 0 atom stereocenters. The summed E-state index contributed by atoms with van der Waals surface area (Å²) in [5.74, 6) is -1.11. The molecular formula is C33H38IN5O5. The summed E-state index contributed by atoms with van der Waals surface area (Å²) in [5.41, 5.74) is 14.7. The molecule has 4 rings (SSSR count). The number of carboxylic acid groups (broad SMARTS) is 1. The van der Waals surface area contributed by atoms with Crippen LogP contribution in [0.3, 0.4) is 0 Å². The number of likely N-dealkylation sites (tertiary alicyclic amines) is 1. The predicted octanol–water partition coefficient (Wildman–Crippen LogP) is 4.89. The van der Waals surface area contributed by atoms with Crippen molar-refractivity contribution in [3.63, 3.8) is 0 Å². The molecule has 232 valence electrons. The third-order valence-electron chi connectivity index (χ3n) is 7.54. The Balaban J connectivity index is 1.41. The Kier molecular flexibility index (Phi) is 12.1. The molecule has 0 bridgehead atoms. The van der Waals surface area contributed by atoms with Gasteiger partial charge >= 0.3 is 11.9 Å². The first kappa shape index (κ1) is 32.9. The summed E-state index contributed by atoms with van der Waals surface area (Å²) < 4.78 is 6.30. The lowest BCUT2D eigenvalue weighted by molar-refractivity contribution is -0.132. The number of carbonyl (C=O) groups is 3. The Hall–Kier alpha value is -3.97. The molecule has 1 aliphatic heterocycles. The normalized spacial score (nSPS) is 13.2. The van der Waals surface area contributed by atoms with Crippen molar-refractivity contribution in [3.8, 4) is 5.75 Å². The fraction of sp³-hybridized carbons (Fsp3) is 0.333. The summed E-state index contributed by atoms with van der Waals surface area (Å²) in [6, 6.07) is 18.7. The van der Waals surface area contributed by atoms with Crippen LogP contribution in [0.15, 0.2) is 71.7 Å². The van der Waals surface area contributed by atoms with Crippen molar-refractivity contribution in [2.45, 2.75) is 43.1 Å². The molecule has 1 aliphatic rings. The number of guanidine groups is 1. The van der Waals surface area contributed by atoms with E-state index in [-0.39, 0.29) is 17.4 Å². The van der Waals surface area contributed by atoms with E-state index >= 15 is 0 Å². The van der Waals surface area contributed by atoms with Crippen molar-refractivity contribution in [2.75, 3.05) is 26.2 Å². The van der Waals surface area contributed by atoms with Crippen LogP contribution in [-0.2, 0) is 22.2 Å². The van der Waals surface area contributed by atoms with Crippen LogP contribution in [0.4, 0.5) is 5.69 Å². The Morgan fingerprint density at radius 1 is 0.932 bits per heavy atom. The largest absolute Gasteiger partial charge is 0.478 e. The second-order valence-corrected chi connectivity index (χ2v) is 11.5. The molecule has 3 aromatic carbocycles. The van der Waals surface area contributed by atoms with E-state index in [0.717, 1.165) is 36.3 Å². The number of amides is 1. The number of aromatic carboxylic acids is 1. The van der Waals surface area contributed by atoms with E-state index in [2.05, 4.69) is 32.5 Å². The fourth-order valence-corrected chi connectivity index (χ4v) is 5.89. The summed E-state index contributed by atoms with van der Waals surface area (Å²) in [5, 5.41) is 9.42. The van der Waals surface area contributed by atoms with Crippen LogP contribution in [0.2, 0.25) is 0 Å². The van der Waals surface area contributed by atoms with Gasteiger partial charge in [-0.25, -0.2) is 14.6 Å². The standard InChI is InChI=1S/C33H38IN5O5/c34-21-27-20-29(44-32(43)25-7-11-28(12-8-25)37-33(35)36)13-9-24(27)10-14-30(40)39(18-17-38-15-2-1-3-16-38)22-23-5-4-6-26(19-23)31(41)42/h4-9,11-13,19-20H,1-3,10,14-18,21-22H2,(H,41,42)(H4,35,36,37). The van der Waals surface area contributed by atoms with Gasteiger partial charge in [-0.1, -0.05) is 47.2 Å². The lowest BCUT2D eigenvalue weighted by Gasteiger charge is -2.30. The van der Waals surface area contributed by atoms with Gasteiger partial charge in [0.2, 0.25) is 5.91 Å². The van der Waals surface area contributed by atoms with Crippen LogP contribution in [-0.4, -0.2) is 64.9 Å². The van der Waals surface area contributed by atoms with Crippen LogP contribution in [0.1, 0.15) is 63.1 Å². The molecule has 44 heavy (non-hydrogen) atoms. The first-order valence-corrected chi connectivity index (χ1v) is 16.2. The second-order valence-electron chi connectivity index (χ2n) is 10.8. The highest BCUT2D eigenvalue weighted by molar-refractivity contribution is 14.1. The van der Waals surface area contributed by atoms with E-state index in [0.29, 0.717) is 47.4 Å². The number of nitrogens with two attached hydrogens (primary N) is 2. The zero-order chi connectivity index (χ0) is 31.5. The van der Waals surface area contributed by atoms with Crippen molar-refractivity contribution < 1.29 is 24.2 Å². The Labute approximate surface area is 271 Å². The van der Waals surface area contributed by atoms with E-state index in [1.54, 1.807) is 48.5 Å². The summed E-state index contributed by atoms with van der Waals surface area (Å²) in [7, 11) is 0. The molecule has 1 heterocycles. The van der Waals surface area contributed by atoms with E-state index in [1.165, 1.54) is 19.3 Å². The number of rotatable bonds is 13. The first-order chi connectivity index (χ1) is 21.2. The number of aryl methyl sites for hydroxylation is 1. The number of carbonyl (C=O) groups excluding carboxylic acids is 2. The lowest BCUT2D eigenvalue weighted by atomic mass is 10.0. The molecule has 11 heteroatoms. The molecule has 10 nitrogen and oxygen atoms in total. The number of halogens is 1. The van der Waals surface area contributed by atoms with Gasteiger partial charge in [-0.15, -0.1) is 0 Å². The minimum atomic E-state index is -0.987. The summed E-state index contributed by atoms with van der Waals surface area (Å²) in [6.07, 6.45) is 4.43. The zero-order valence-electron chi connectivity index (χ0n) is 24.6. The molecule has 0 saturated carbocycles. The van der Waals surface area contributed by atoms with Gasteiger partial charge in [-0.2, -0.15) is 0 Å². The highest BCUT2D eigenvalue weighted by atomic mass is 127. The average molecular weight is 712 g/mol. The number of aliphatic imine (C=N–C) groups is 1. The number of carboxylic acids is 1. The van der Waals surface area contributed by atoms with Crippen LogP contribution >= 0.6 is 22.6 Å². The topological polar surface area (TPSA) is 152 Å². The number of alkyl halides is 1. The van der Waals surface area contributed by atoms with E-state index in [9.17, 15) is 19.5 Å². The third-order valence-corrected chi connectivity index (χ3v) is 8.36. The molecule has 1 amide bonds. The lowest BCUT2D eigenvalue weighted by Crippen LogP contribution is -2.40. The molecule has 1 saturated heterocycles. The van der Waals surface area contributed by atoms with Gasteiger partial charge in [-0.05, 0) is 97.6 Å². The Morgan fingerprint density at radius 2 is 1.68 bits per heavy atom. The molecule has 5 N–H and O–H groups in total. The summed E-state index contributed by atoms with van der Waals surface area (Å²) in [6.45, 7) is 3.80. The maximum absolute atomic E-state index is 13.6. The van der Waals surface area contributed by atoms with Crippen molar-refractivity contribution in [1.29, 1.82) is 0 Å². The fourth-order valence-electron chi connectivity index (χ4n) is 5.18. The number of esters is 1. The van der Waals surface area contributed by atoms with E-state index in [4.69, 9.17) is 16.2 Å². The van der Waals surface area contributed by atoms with Gasteiger partial charge in [0.15, 0.2) is 5.96 Å². The minimum Gasteiger partial charge on any atom is -0.478 e. The molecule has 0 aromatic heterocycles. The third kappa shape index (κ3) is 9.78.